The Kier molecular flexibility index (Phi) is 7.26. The summed E-state index contributed by atoms with van der Waals surface area (Å²) in [5.41, 5.74) is 3.73. The maximum absolute atomic E-state index is 13.7. The number of sulfonamides is 1. The van der Waals surface area contributed by atoms with Crippen LogP contribution in [0.2, 0.25) is 0 Å². The monoisotopic (exact) mass is 508 g/mol. The fourth-order valence-electron chi connectivity index (χ4n) is 5.83. The number of halogens is 1. The Balaban J connectivity index is 1.45. The maximum atomic E-state index is 13.7. The molecule has 7 heteroatoms. The molecule has 0 N–H and O–H groups in total. The van der Waals surface area contributed by atoms with Crippen LogP contribution in [0.4, 0.5) is 4.39 Å². The summed E-state index contributed by atoms with van der Waals surface area (Å²) in [7, 11) is -1.88. The Labute approximate surface area is 213 Å². The minimum atomic E-state index is -3.60. The first kappa shape index (κ1) is 25.1. The average molecular weight is 509 g/mol. The Morgan fingerprint density at radius 1 is 0.944 bits per heavy atom. The van der Waals surface area contributed by atoms with Crippen LogP contribution in [0.5, 0.6) is 0 Å². The molecule has 5 rings (SSSR count). The molecule has 0 amide bonds. The van der Waals surface area contributed by atoms with Gasteiger partial charge in [0.1, 0.15) is 5.82 Å². The maximum Gasteiger partial charge on any atom is 0.243 e. The van der Waals surface area contributed by atoms with Gasteiger partial charge >= 0.3 is 0 Å². The van der Waals surface area contributed by atoms with Crippen molar-refractivity contribution in [3.8, 4) is 11.1 Å². The molecule has 5 nitrogen and oxygen atoms in total. The van der Waals surface area contributed by atoms with E-state index < -0.39 is 10.0 Å². The van der Waals surface area contributed by atoms with E-state index in [1.807, 2.05) is 37.3 Å². The van der Waals surface area contributed by atoms with Gasteiger partial charge in [0.05, 0.1) is 11.5 Å². The van der Waals surface area contributed by atoms with Gasteiger partial charge in [-0.05, 0) is 66.8 Å². The molecule has 0 spiro atoms. The van der Waals surface area contributed by atoms with Crippen LogP contribution >= 0.6 is 0 Å². The van der Waals surface area contributed by atoms with Gasteiger partial charge in [-0.15, -0.1) is 0 Å². The lowest BCUT2D eigenvalue weighted by Crippen LogP contribution is -2.68. The van der Waals surface area contributed by atoms with Crippen molar-refractivity contribution in [1.29, 1.82) is 0 Å². The molecule has 0 saturated carbocycles. The Morgan fingerprint density at radius 3 is 2.42 bits per heavy atom. The summed E-state index contributed by atoms with van der Waals surface area (Å²) < 4.78 is 48.4. The molecule has 1 unspecified atom stereocenters. The molecule has 0 bridgehead atoms. The summed E-state index contributed by atoms with van der Waals surface area (Å²) in [6.07, 6.45) is 1.78. The minimum Gasteiger partial charge on any atom is -0.383 e. The smallest absolute Gasteiger partial charge is 0.243 e. The van der Waals surface area contributed by atoms with Crippen molar-refractivity contribution in [2.75, 3.05) is 33.4 Å². The van der Waals surface area contributed by atoms with Crippen LogP contribution in [0.1, 0.15) is 29.9 Å². The molecule has 2 aliphatic heterocycles. The molecular formula is C29H33FN2O3S. The van der Waals surface area contributed by atoms with Crippen LogP contribution in [-0.2, 0) is 14.8 Å². The van der Waals surface area contributed by atoms with Gasteiger partial charge in [0, 0.05) is 38.2 Å². The van der Waals surface area contributed by atoms with Gasteiger partial charge in [0.25, 0.3) is 0 Å². The number of fused-ring (bicyclic) bond motifs is 1. The zero-order valence-corrected chi connectivity index (χ0v) is 21.6. The summed E-state index contributed by atoms with van der Waals surface area (Å²) in [4.78, 5) is 2.81. The second-order valence-electron chi connectivity index (χ2n) is 9.82. The van der Waals surface area contributed by atoms with E-state index in [-0.39, 0.29) is 23.8 Å². The van der Waals surface area contributed by atoms with Gasteiger partial charge in [-0.25, -0.2) is 12.8 Å². The van der Waals surface area contributed by atoms with E-state index in [1.165, 1.54) is 12.1 Å². The van der Waals surface area contributed by atoms with E-state index in [9.17, 15) is 12.8 Å². The van der Waals surface area contributed by atoms with Gasteiger partial charge in [0.2, 0.25) is 10.0 Å². The topological polar surface area (TPSA) is 49.9 Å². The van der Waals surface area contributed by atoms with Gasteiger partial charge in [-0.3, -0.25) is 4.90 Å². The Hall–Kier alpha value is -2.58. The number of benzene rings is 3. The van der Waals surface area contributed by atoms with E-state index in [4.69, 9.17) is 4.74 Å². The van der Waals surface area contributed by atoms with Crippen LogP contribution in [0.25, 0.3) is 11.1 Å². The number of aryl methyl sites for hydroxylation is 1. The fraction of sp³-hybridized carbons (Fsp3) is 0.379. The number of nitrogens with zero attached hydrogens (tertiary/aromatic N) is 2. The molecule has 2 fully saturated rings. The molecule has 36 heavy (non-hydrogen) atoms. The Morgan fingerprint density at radius 2 is 1.69 bits per heavy atom. The Bertz CT molecular complexity index is 1310. The van der Waals surface area contributed by atoms with Crippen molar-refractivity contribution in [3.63, 3.8) is 0 Å². The summed E-state index contributed by atoms with van der Waals surface area (Å²) in [5.74, 6) is -0.102. The minimum absolute atomic E-state index is 0.0734. The quantitative estimate of drug-likeness (QED) is 0.467. The summed E-state index contributed by atoms with van der Waals surface area (Å²) >= 11 is 0. The first-order valence-corrected chi connectivity index (χ1v) is 14.0. The predicted octanol–water partition coefficient (Wildman–Crippen LogP) is 5.07. The second kappa shape index (κ2) is 10.4. The number of hydrogen-bond acceptors (Lipinski definition) is 4. The van der Waals surface area contributed by atoms with Gasteiger partial charge in [-0.1, -0.05) is 54.6 Å². The van der Waals surface area contributed by atoms with Gasteiger partial charge in [0.15, 0.2) is 0 Å². The molecule has 2 saturated heterocycles. The van der Waals surface area contributed by atoms with Crippen molar-refractivity contribution in [3.05, 3.63) is 89.7 Å². The van der Waals surface area contributed by atoms with Crippen molar-refractivity contribution >= 4 is 10.0 Å². The molecular weight excluding hydrogens is 475 g/mol. The van der Waals surface area contributed by atoms with Crippen LogP contribution < -0.4 is 0 Å². The third-order valence-corrected chi connectivity index (χ3v) is 9.67. The van der Waals surface area contributed by atoms with E-state index in [2.05, 4.69) is 17.0 Å². The van der Waals surface area contributed by atoms with Crippen molar-refractivity contribution < 1.29 is 17.5 Å². The van der Waals surface area contributed by atoms with Crippen molar-refractivity contribution in [1.82, 2.24) is 9.21 Å². The van der Waals surface area contributed by atoms with E-state index >= 15 is 0 Å². The van der Waals surface area contributed by atoms with Crippen LogP contribution in [0, 0.1) is 12.7 Å². The van der Waals surface area contributed by atoms with Crippen molar-refractivity contribution in [2.45, 2.75) is 42.7 Å². The molecule has 0 aromatic heterocycles. The van der Waals surface area contributed by atoms with Crippen molar-refractivity contribution in [2.24, 2.45) is 0 Å². The zero-order valence-electron chi connectivity index (χ0n) is 20.8. The van der Waals surface area contributed by atoms with Crippen LogP contribution in [0.15, 0.2) is 77.7 Å². The SMILES string of the molecule is COC[C@@H]1[C@@H](c2ccc(-c3cccc(F)c3)cc2)C2CN(S(=O)(=O)c3ccccc3C)CCCCN21. The molecule has 3 aromatic carbocycles. The number of rotatable bonds is 6. The zero-order chi connectivity index (χ0) is 25.3. The fourth-order valence-corrected chi connectivity index (χ4v) is 7.55. The standard InChI is InChI=1S/C29H33FN2O3S/c1-21-8-3-4-11-28(21)36(33,34)31-16-5-6-17-32-26(19-31)29(27(32)20-35-2)23-14-12-22(13-15-23)24-9-7-10-25(30)18-24/h3-4,7-15,18,26-27,29H,5-6,16-17,19-20H2,1-2H3/t26?,27-,29+/m1/s1. The molecule has 3 atom stereocenters. The van der Waals surface area contributed by atoms with Gasteiger partial charge < -0.3 is 4.74 Å². The number of methoxy groups -OCH3 is 1. The third-order valence-electron chi connectivity index (χ3n) is 7.65. The number of ether oxygens (including phenoxy) is 1. The molecule has 3 aromatic rings. The highest BCUT2D eigenvalue weighted by molar-refractivity contribution is 7.89. The normalized spacial score (nSPS) is 23.4. The summed E-state index contributed by atoms with van der Waals surface area (Å²) in [5, 5.41) is 0. The van der Waals surface area contributed by atoms with E-state index in [0.29, 0.717) is 24.6 Å². The lowest BCUT2D eigenvalue weighted by atomic mass is 9.74. The molecule has 190 valence electrons. The van der Waals surface area contributed by atoms with Crippen LogP contribution in [0.3, 0.4) is 0 Å². The first-order chi connectivity index (χ1) is 17.4. The average Bonchev–Trinajstić information content (AvgIpc) is 2.85. The lowest BCUT2D eigenvalue weighted by Gasteiger charge is -2.57. The van der Waals surface area contributed by atoms with Crippen LogP contribution in [-0.4, -0.2) is 63.1 Å². The molecule has 2 aliphatic rings. The summed E-state index contributed by atoms with van der Waals surface area (Å²) in [6.45, 7) is 4.37. The summed E-state index contributed by atoms with van der Waals surface area (Å²) in [6, 6.07) is 22.4. The van der Waals surface area contributed by atoms with E-state index in [1.54, 1.807) is 29.6 Å². The van der Waals surface area contributed by atoms with Gasteiger partial charge in [-0.2, -0.15) is 4.31 Å². The third kappa shape index (κ3) is 4.73. The highest BCUT2D eigenvalue weighted by atomic mass is 32.2. The molecule has 2 heterocycles. The highest BCUT2D eigenvalue weighted by Gasteiger charge is 2.50. The molecule has 0 aliphatic carbocycles. The number of hydrogen-bond donors (Lipinski definition) is 0. The van der Waals surface area contributed by atoms with E-state index in [0.717, 1.165) is 41.6 Å². The first-order valence-electron chi connectivity index (χ1n) is 12.6. The second-order valence-corrected chi connectivity index (χ2v) is 11.7. The molecule has 0 radical (unpaired) electrons. The largest absolute Gasteiger partial charge is 0.383 e. The lowest BCUT2D eigenvalue weighted by molar-refractivity contribution is -0.0635. The highest BCUT2D eigenvalue weighted by Crippen LogP contribution is 2.43. The predicted molar refractivity (Wildman–Crippen MR) is 140 cm³/mol.